The molecule has 23 heavy (non-hydrogen) atoms. The number of aryl methyl sites for hydroxylation is 1. The number of para-hydroxylation sites is 1. The summed E-state index contributed by atoms with van der Waals surface area (Å²) in [7, 11) is 0. The normalized spacial score (nSPS) is 11.7. The zero-order chi connectivity index (χ0) is 15.4. The standard InChI is InChI=1S/C18H12N4S/c1-11-6-8-12(9-7-11)15-10-23-18-20-17-16(21-22(15)18)13-4-2-3-5-14(13)19-17/h2-10H,1H3. The molecule has 0 fully saturated rings. The van der Waals surface area contributed by atoms with E-state index >= 15 is 0 Å². The van der Waals surface area contributed by atoms with Crippen LogP contribution in [0.1, 0.15) is 5.56 Å². The second-order valence-corrected chi connectivity index (χ2v) is 6.43. The van der Waals surface area contributed by atoms with Crippen LogP contribution >= 0.6 is 11.3 Å². The lowest BCUT2D eigenvalue weighted by atomic mass is 10.1. The van der Waals surface area contributed by atoms with Crippen molar-refractivity contribution in [1.29, 1.82) is 0 Å². The van der Waals surface area contributed by atoms with E-state index in [9.17, 15) is 0 Å². The van der Waals surface area contributed by atoms with Gasteiger partial charge in [0.2, 0.25) is 4.96 Å². The van der Waals surface area contributed by atoms with Gasteiger partial charge in [-0.15, -0.1) is 11.3 Å². The summed E-state index contributed by atoms with van der Waals surface area (Å²) >= 11 is 1.59. The molecular weight excluding hydrogens is 304 g/mol. The molecule has 0 bridgehead atoms. The third-order valence-corrected chi connectivity index (χ3v) is 4.85. The van der Waals surface area contributed by atoms with Crippen molar-refractivity contribution < 1.29 is 0 Å². The van der Waals surface area contributed by atoms with Crippen LogP contribution < -0.4 is 0 Å². The second-order valence-electron chi connectivity index (χ2n) is 5.59. The second kappa shape index (κ2) is 4.60. The maximum atomic E-state index is 4.83. The van der Waals surface area contributed by atoms with Crippen molar-refractivity contribution in [1.82, 2.24) is 19.6 Å². The molecule has 0 spiro atoms. The van der Waals surface area contributed by atoms with Crippen molar-refractivity contribution in [3.05, 3.63) is 59.5 Å². The number of hydrogen-bond acceptors (Lipinski definition) is 4. The van der Waals surface area contributed by atoms with Crippen LogP contribution in [-0.2, 0) is 0 Å². The number of hydrogen-bond donors (Lipinski definition) is 0. The molecule has 0 radical (unpaired) electrons. The average molecular weight is 316 g/mol. The smallest absolute Gasteiger partial charge is 0.213 e. The Bertz CT molecular complexity index is 1120. The summed E-state index contributed by atoms with van der Waals surface area (Å²) < 4.78 is 1.92. The van der Waals surface area contributed by atoms with Crippen molar-refractivity contribution in [3.63, 3.8) is 0 Å². The molecule has 3 aromatic rings. The molecule has 2 aliphatic rings. The Kier molecular flexibility index (Phi) is 2.55. The summed E-state index contributed by atoms with van der Waals surface area (Å²) in [6, 6.07) is 16.5. The van der Waals surface area contributed by atoms with Crippen molar-refractivity contribution in [3.8, 4) is 22.8 Å². The molecule has 2 aromatic carbocycles. The van der Waals surface area contributed by atoms with E-state index in [4.69, 9.17) is 5.10 Å². The zero-order valence-corrected chi connectivity index (χ0v) is 13.2. The maximum Gasteiger partial charge on any atom is 0.213 e. The lowest BCUT2D eigenvalue weighted by Crippen LogP contribution is -1.99. The first-order valence-corrected chi connectivity index (χ1v) is 8.27. The molecule has 0 unspecified atom stereocenters. The Morgan fingerprint density at radius 3 is 2.65 bits per heavy atom. The van der Waals surface area contributed by atoms with Gasteiger partial charge in [0.1, 0.15) is 5.69 Å². The number of benzene rings is 2. The number of aromatic nitrogens is 4. The van der Waals surface area contributed by atoms with E-state index in [2.05, 4.69) is 46.5 Å². The number of rotatable bonds is 1. The Morgan fingerprint density at radius 2 is 1.78 bits per heavy atom. The third kappa shape index (κ3) is 1.87. The highest BCUT2D eigenvalue weighted by Crippen LogP contribution is 2.31. The summed E-state index contributed by atoms with van der Waals surface area (Å²) in [6.45, 7) is 2.09. The number of fused-ring (bicyclic) bond motifs is 4. The fourth-order valence-electron chi connectivity index (χ4n) is 2.82. The van der Waals surface area contributed by atoms with Gasteiger partial charge in [0, 0.05) is 16.3 Å². The Hall–Kier alpha value is -2.79. The summed E-state index contributed by atoms with van der Waals surface area (Å²) in [6.07, 6.45) is 0. The monoisotopic (exact) mass is 316 g/mol. The lowest BCUT2D eigenvalue weighted by Gasteiger charge is -2.04. The van der Waals surface area contributed by atoms with Gasteiger partial charge >= 0.3 is 0 Å². The van der Waals surface area contributed by atoms with Crippen molar-refractivity contribution in [2.75, 3.05) is 0 Å². The van der Waals surface area contributed by atoms with Gasteiger partial charge in [-0.05, 0) is 13.0 Å². The van der Waals surface area contributed by atoms with E-state index in [0.717, 1.165) is 32.8 Å². The molecule has 0 saturated heterocycles. The summed E-state index contributed by atoms with van der Waals surface area (Å²) in [5.41, 5.74) is 5.24. The zero-order valence-electron chi connectivity index (χ0n) is 12.4. The molecule has 0 atom stereocenters. The summed E-state index contributed by atoms with van der Waals surface area (Å²) in [5.74, 6) is 0.712. The highest BCUT2D eigenvalue weighted by Gasteiger charge is 2.18. The minimum absolute atomic E-state index is 0.712. The molecular formula is C18H12N4S. The van der Waals surface area contributed by atoms with Crippen molar-refractivity contribution in [2.45, 2.75) is 6.92 Å². The van der Waals surface area contributed by atoms with Gasteiger partial charge in [-0.2, -0.15) is 10.1 Å². The molecule has 0 aliphatic carbocycles. The summed E-state index contributed by atoms with van der Waals surface area (Å²) in [5, 5.41) is 7.97. The highest BCUT2D eigenvalue weighted by molar-refractivity contribution is 7.15. The van der Waals surface area contributed by atoms with E-state index < -0.39 is 0 Å². The van der Waals surface area contributed by atoms with E-state index in [1.54, 1.807) is 11.3 Å². The van der Waals surface area contributed by atoms with Crippen molar-refractivity contribution in [2.24, 2.45) is 0 Å². The van der Waals surface area contributed by atoms with E-state index in [-0.39, 0.29) is 0 Å². The molecule has 0 saturated carbocycles. The first-order chi connectivity index (χ1) is 11.3. The summed E-state index contributed by atoms with van der Waals surface area (Å²) in [4.78, 5) is 10.1. The minimum Gasteiger partial charge on any atom is -0.226 e. The molecule has 4 nitrogen and oxygen atoms in total. The fourth-order valence-corrected chi connectivity index (χ4v) is 3.65. The van der Waals surface area contributed by atoms with Crippen LogP contribution in [0.4, 0.5) is 0 Å². The molecule has 2 aliphatic heterocycles. The predicted molar refractivity (Wildman–Crippen MR) is 93.0 cm³/mol. The van der Waals surface area contributed by atoms with E-state index in [1.807, 2.05) is 28.8 Å². The number of thiazole rings is 1. The van der Waals surface area contributed by atoms with Crippen LogP contribution in [0.5, 0.6) is 0 Å². The topological polar surface area (TPSA) is 43.1 Å². The Labute approximate surface area is 136 Å². The average Bonchev–Trinajstić information content (AvgIpc) is 3.14. The van der Waals surface area contributed by atoms with E-state index in [1.165, 1.54) is 5.56 Å². The largest absolute Gasteiger partial charge is 0.226 e. The van der Waals surface area contributed by atoms with Crippen LogP contribution in [0.15, 0.2) is 53.9 Å². The van der Waals surface area contributed by atoms with Gasteiger partial charge in [0.05, 0.1) is 11.2 Å². The van der Waals surface area contributed by atoms with E-state index in [0.29, 0.717) is 5.82 Å². The van der Waals surface area contributed by atoms with Gasteiger partial charge in [-0.3, -0.25) is 0 Å². The van der Waals surface area contributed by atoms with Crippen LogP contribution in [0.25, 0.3) is 38.6 Å². The lowest BCUT2D eigenvalue weighted by molar-refractivity contribution is 0.926. The Balaban J connectivity index is 1.83. The van der Waals surface area contributed by atoms with Gasteiger partial charge < -0.3 is 0 Å². The molecule has 5 rings (SSSR count). The fraction of sp³-hybridized carbons (Fsp3) is 0.0556. The third-order valence-electron chi connectivity index (χ3n) is 4.03. The molecule has 5 heteroatoms. The van der Waals surface area contributed by atoms with Crippen molar-refractivity contribution >= 4 is 27.2 Å². The van der Waals surface area contributed by atoms with Gasteiger partial charge in [-0.1, -0.05) is 48.0 Å². The quantitative estimate of drug-likeness (QED) is 0.460. The molecule has 110 valence electrons. The van der Waals surface area contributed by atoms with Gasteiger partial charge in [0.15, 0.2) is 5.82 Å². The van der Waals surface area contributed by atoms with Gasteiger partial charge in [-0.25, -0.2) is 9.50 Å². The van der Waals surface area contributed by atoms with Crippen LogP contribution in [0.2, 0.25) is 0 Å². The van der Waals surface area contributed by atoms with Crippen LogP contribution in [-0.4, -0.2) is 19.6 Å². The first-order valence-electron chi connectivity index (χ1n) is 7.39. The maximum absolute atomic E-state index is 4.83. The minimum atomic E-state index is 0.712. The van der Waals surface area contributed by atoms with Crippen LogP contribution in [0, 0.1) is 6.92 Å². The molecule has 1 aromatic heterocycles. The number of nitrogens with zero attached hydrogens (tertiary/aromatic N) is 4. The molecule has 3 heterocycles. The van der Waals surface area contributed by atoms with Gasteiger partial charge in [0.25, 0.3) is 0 Å². The molecule has 0 N–H and O–H groups in total. The highest BCUT2D eigenvalue weighted by atomic mass is 32.1. The molecule has 0 amide bonds. The van der Waals surface area contributed by atoms with Crippen LogP contribution in [0.3, 0.4) is 0 Å². The first kappa shape index (κ1) is 12.7. The predicted octanol–water partition coefficient (Wildman–Crippen LogP) is 4.42. The Morgan fingerprint density at radius 1 is 0.957 bits per heavy atom. The SMILES string of the molecule is Cc1ccc(-c2csc3nc4nc5ccccc5c-4nn23)cc1.